The van der Waals surface area contributed by atoms with Crippen molar-refractivity contribution in [2.24, 2.45) is 5.92 Å². The summed E-state index contributed by atoms with van der Waals surface area (Å²) in [6.45, 7) is 3.45. The number of nitrogens with zero attached hydrogens (tertiary/aromatic N) is 2. The molecule has 8 heteroatoms. The second kappa shape index (κ2) is 8.77. The number of carbonyl (C=O) groups is 4. The number of urea groups is 1. The Kier molecular flexibility index (Phi) is 6.15. The maximum Gasteiger partial charge on any atom is 0.337 e. The topological polar surface area (TPSA) is 107 Å². The van der Waals surface area contributed by atoms with Gasteiger partial charge in [-0.1, -0.05) is 62.7 Å². The number of carboxylic acids is 1. The van der Waals surface area contributed by atoms with E-state index in [2.05, 4.69) is 5.32 Å². The van der Waals surface area contributed by atoms with E-state index in [0.717, 1.165) is 10.0 Å². The van der Waals surface area contributed by atoms with Crippen molar-refractivity contribution in [3.63, 3.8) is 0 Å². The number of nitrogens with one attached hydrogen (secondary N) is 1. The second-order valence-corrected chi connectivity index (χ2v) is 7.16. The lowest BCUT2D eigenvalue weighted by molar-refractivity contribution is -0.140. The van der Waals surface area contributed by atoms with Gasteiger partial charge in [0.2, 0.25) is 0 Å². The number of imide groups is 1. The molecule has 2 unspecified atom stereocenters. The number of amides is 4. The number of fused-ring (bicyclic) bond motifs is 1. The van der Waals surface area contributed by atoms with Gasteiger partial charge >= 0.3 is 12.0 Å². The molecule has 0 fully saturated rings. The number of hydrogen-bond donors (Lipinski definition) is 2. The molecule has 0 radical (unpaired) electrons. The number of hydrogen-bond acceptors (Lipinski definition) is 4. The summed E-state index contributed by atoms with van der Waals surface area (Å²) in [5.41, 5.74) is 1.08. The van der Waals surface area contributed by atoms with Crippen molar-refractivity contribution in [3.05, 3.63) is 71.3 Å². The van der Waals surface area contributed by atoms with Crippen molar-refractivity contribution >= 4 is 23.8 Å². The van der Waals surface area contributed by atoms with Crippen LogP contribution in [0.25, 0.3) is 0 Å². The molecule has 0 bridgehead atoms. The minimum absolute atomic E-state index is 0.0784. The van der Waals surface area contributed by atoms with Gasteiger partial charge in [0.05, 0.1) is 17.7 Å². The van der Waals surface area contributed by atoms with Crippen molar-refractivity contribution in [1.29, 1.82) is 0 Å². The second-order valence-electron chi connectivity index (χ2n) is 7.16. The molecule has 4 amide bonds. The number of carbonyl (C=O) groups excluding carboxylic acids is 3. The maximum absolute atomic E-state index is 13.1. The molecule has 2 aromatic carbocycles. The lowest BCUT2D eigenvalue weighted by atomic mass is 9.99. The number of rotatable bonds is 7. The molecule has 0 aliphatic carbocycles. The third-order valence-corrected chi connectivity index (χ3v) is 5.18. The van der Waals surface area contributed by atoms with E-state index >= 15 is 0 Å². The van der Waals surface area contributed by atoms with Gasteiger partial charge in [-0.05, 0) is 23.6 Å². The summed E-state index contributed by atoms with van der Waals surface area (Å²) in [7, 11) is 0. The van der Waals surface area contributed by atoms with Crippen LogP contribution in [-0.2, 0) is 11.3 Å². The van der Waals surface area contributed by atoms with Crippen LogP contribution >= 0.6 is 0 Å². The van der Waals surface area contributed by atoms with Gasteiger partial charge in [0.15, 0.2) is 0 Å². The Hall–Kier alpha value is -3.68. The number of carboxylic acid groups (broad SMARTS) is 1. The van der Waals surface area contributed by atoms with Crippen molar-refractivity contribution in [2.45, 2.75) is 32.9 Å². The fraction of sp³-hybridized carbons (Fsp3) is 0.273. The summed E-state index contributed by atoms with van der Waals surface area (Å²) in [5, 5.41) is 13.8. The summed E-state index contributed by atoms with van der Waals surface area (Å²) >= 11 is 0. The Morgan fingerprint density at radius 2 is 1.53 bits per heavy atom. The number of aliphatic carboxylic acids is 1. The Morgan fingerprint density at radius 1 is 1.00 bits per heavy atom. The quantitative estimate of drug-likeness (QED) is 0.684. The van der Waals surface area contributed by atoms with Crippen LogP contribution in [0.2, 0.25) is 0 Å². The molecule has 0 saturated carbocycles. The maximum atomic E-state index is 13.1. The summed E-state index contributed by atoms with van der Waals surface area (Å²) in [6, 6.07) is 13.2. The fourth-order valence-corrected chi connectivity index (χ4v) is 3.28. The van der Waals surface area contributed by atoms with Crippen LogP contribution in [0.4, 0.5) is 4.79 Å². The van der Waals surface area contributed by atoms with E-state index in [-0.39, 0.29) is 23.6 Å². The smallest absolute Gasteiger partial charge is 0.337 e. The zero-order chi connectivity index (χ0) is 21.8. The predicted molar refractivity (Wildman–Crippen MR) is 108 cm³/mol. The molecular weight excluding hydrogens is 386 g/mol. The first-order valence-electron chi connectivity index (χ1n) is 9.67. The molecule has 3 rings (SSSR count). The molecule has 1 heterocycles. The van der Waals surface area contributed by atoms with Crippen LogP contribution in [-0.4, -0.2) is 45.0 Å². The zero-order valence-electron chi connectivity index (χ0n) is 16.7. The Morgan fingerprint density at radius 3 is 2.03 bits per heavy atom. The van der Waals surface area contributed by atoms with Crippen LogP contribution in [0.1, 0.15) is 46.5 Å². The summed E-state index contributed by atoms with van der Waals surface area (Å²) < 4.78 is 0. The van der Waals surface area contributed by atoms with E-state index in [4.69, 9.17) is 0 Å². The van der Waals surface area contributed by atoms with Gasteiger partial charge in [-0.25, -0.2) is 14.6 Å². The van der Waals surface area contributed by atoms with Crippen LogP contribution in [0.5, 0.6) is 0 Å². The minimum atomic E-state index is -1.18. The molecule has 2 N–H and O–H groups in total. The third kappa shape index (κ3) is 4.03. The van der Waals surface area contributed by atoms with E-state index in [1.807, 2.05) is 6.92 Å². The van der Waals surface area contributed by atoms with Crippen LogP contribution < -0.4 is 5.32 Å². The van der Waals surface area contributed by atoms with Gasteiger partial charge in [0, 0.05) is 0 Å². The van der Waals surface area contributed by atoms with Crippen LogP contribution in [0, 0.1) is 5.92 Å². The molecule has 0 saturated heterocycles. The van der Waals surface area contributed by atoms with Gasteiger partial charge in [-0.2, -0.15) is 5.01 Å². The van der Waals surface area contributed by atoms with Gasteiger partial charge in [-0.3, -0.25) is 9.59 Å². The molecule has 156 valence electrons. The SMILES string of the molecule is CCC(C)C(NC(=O)N(Cc1ccccc1)N1C(=O)c2ccccc2C1=O)C(=O)O. The lowest BCUT2D eigenvalue weighted by Gasteiger charge is -2.32. The van der Waals surface area contributed by atoms with Gasteiger partial charge in [0.1, 0.15) is 6.04 Å². The normalized spacial score (nSPS) is 14.8. The standard InChI is InChI=1S/C22H23N3O5/c1-3-14(2)18(21(28)29)23-22(30)24(13-15-9-5-4-6-10-15)25-19(26)16-11-7-8-12-17(16)20(25)27/h4-12,14,18H,3,13H2,1-2H3,(H,23,30)(H,28,29). The largest absolute Gasteiger partial charge is 0.480 e. The van der Waals surface area contributed by atoms with Crippen molar-refractivity contribution in [3.8, 4) is 0 Å². The van der Waals surface area contributed by atoms with E-state index < -0.39 is 29.9 Å². The van der Waals surface area contributed by atoms with Crippen LogP contribution in [0.15, 0.2) is 54.6 Å². The summed E-state index contributed by atoms with van der Waals surface area (Å²) in [6.07, 6.45) is 0.531. The van der Waals surface area contributed by atoms with Gasteiger partial charge < -0.3 is 10.4 Å². The highest BCUT2D eigenvalue weighted by molar-refractivity contribution is 6.21. The third-order valence-electron chi connectivity index (χ3n) is 5.18. The Bertz CT molecular complexity index is 941. The van der Waals surface area contributed by atoms with E-state index in [1.165, 1.54) is 12.1 Å². The molecule has 8 nitrogen and oxygen atoms in total. The van der Waals surface area contributed by atoms with E-state index in [1.54, 1.807) is 49.4 Å². The number of benzene rings is 2. The average molecular weight is 409 g/mol. The average Bonchev–Trinajstić information content (AvgIpc) is 3.00. The first kappa shape index (κ1) is 21.0. The van der Waals surface area contributed by atoms with Crippen molar-refractivity contribution in [2.75, 3.05) is 0 Å². The van der Waals surface area contributed by atoms with Crippen molar-refractivity contribution in [1.82, 2.24) is 15.3 Å². The van der Waals surface area contributed by atoms with Gasteiger partial charge in [-0.15, -0.1) is 0 Å². The lowest BCUT2D eigenvalue weighted by Crippen LogP contribution is -2.57. The Labute approximate surface area is 174 Å². The minimum Gasteiger partial charge on any atom is -0.480 e. The fourth-order valence-electron chi connectivity index (χ4n) is 3.28. The Balaban J connectivity index is 1.95. The molecular formula is C22H23N3O5. The molecule has 2 aromatic rings. The van der Waals surface area contributed by atoms with E-state index in [9.17, 15) is 24.3 Å². The van der Waals surface area contributed by atoms with Crippen LogP contribution in [0.3, 0.4) is 0 Å². The van der Waals surface area contributed by atoms with Crippen molar-refractivity contribution < 1.29 is 24.3 Å². The van der Waals surface area contributed by atoms with E-state index in [0.29, 0.717) is 12.0 Å². The summed E-state index contributed by atoms with van der Waals surface area (Å²) in [5.74, 6) is -2.78. The monoisotopic (exact) mass is 409 g/mol. The highest BCUT2D eigenvalue weighted by Crippen LogP contribution is 2.25. The highest BCUT2D eigenvalue weighted by Gasteiger charge is 2.42. The number of hydrazine groups is 1. The predicted octanol–water partition coefficient (Wildman–Crippen LogP) is 2.91. The molecule has 1 aliphatic heterocycles. The molecule has 2 atom stereocenters. The molecule has 1 aliphatic rings. The zero-order valence-corrected chi connectivity index (χ0v) is 16.7. The summed E-state index contributed by atoms with van der Waals surface area (Å²) in [4.78, 5) is 50.6. The van der Waals surface area contributed by atoms with Gasteiger partial charge in [0.25, 0.3) is 11.8 Å². The highest BCUT2D eigenvalue weighted by atomic mass is 16.4. The molecule has 0 spiro atoms. The molecule has 0 aromatic heterocycles. The first-order chi connectivity index (χ1) is 14.3. The first-order valence-corrected chi connectivity index (χ1v) is 9.67. The molecule has 30 heavy (non-hydrogen) atoms.